The van der Waals surface area contributed by atoms with Gasteiger partial charge in [0, 0.05) is 12.1 Å². The first-order valence-electron chi connectivity index (χ1n) is 13.8. The first-order chi connectivity index (χ1) is 21.5. The minimum Gasteiger partial charge on any atom is -0.465 e. The molecule has 11 nitrogen and oxygen atoms in total. The fourth-order valence-electron chi connectivity index (χ4n) is 5.15. The van der Waals surface area contributed by atoms with Crippen LogP contribution in [0, 0.1) is 13.8 Å². The van der Waals surface area contributed by atoms with E-state index in [9.17, 15) is 22.8 Å². The maximum atomic E-state index is 13.8. The Hall–Kier alpha value is -5.20. The first kappa shape index (κ1) is 31.2. The van der Waals surface area contributed by atoms with E-state index in [4.69, 9.17) is 9.57 Å². The highest BCUT2D eigenvalue weighted by molar-refractivity contribution is 7.92. The summed E-state index contributed by atoms with van der Waals surface area (Å²) in [5.74, 6) is -1.80. The van der Waals surface area contributed by atoms with Crippen LogP contribution in [0.25, 0.3) is 16.8 Å². The van der Waals surface area contributed by atoms with E-state index in [-0.39, 0.29) is 35.1 Å². The van der Waals surface area contributed by atoms with Gasteiger partial charge in [0.15, 0.2) is 0 Å². The van der Waals surface area contributed by atoms with Crippen molar-refractivity contribution in [3.8, 4) is 11.3 Å². The van der Waals surface area contributed by atoms with Gasteiger partial charge in [-0.25, -0.2) is 14.8 Å². The molecule has 5 rings (SSSR count). The van der Waals surface area contributed by atoms with Crippen molar-refractivity contribution >= 4 is 39.3 Å². The molecule has 1 aromatic heterocycles. The van der Waals surface area contributed by atoms with Crippen LogP contribution >= 0.6 is 0 Å². The highest BCUT2D eigenvalue weighted by Crippen LogP contribution is 2.32. The van der Waals surface area contributed by atoms with Crippen molar-refractivity contribution < 1.29 is 32.4 Å². The minimum atomic E-state index is -4.45. The normalized spacial score (nSPS) is 12.7. The summed E-state index contributed by atoms with van der Waals surface area (Å²) in [6.45, 7) is 8.00. The van der Waals surface area contributed by atoms with Crippen molar-refractivity contribution in [3.05, 3.63) is 113 Å². The molecule has 3 aromatic carbocycles. The number of benzene rings is 3. The van der Waals surface area contributed by atoms with E-state index in [0.29, 0.717) is 26.9 Å². The summed E-state index contributed by atoms with van der Waals surface area (Å²) in [4.78, 5) is 53.3. The second kappa shape index (κ2) is 12.4. The van der Waals surface area contributed by atoms with Crippen LogP contribution in [-0.2, 0) is 19.6 Å². The highest BCUT2D eigenvalue weighted by Gasteiger charge is 2.35. The number of anilines is 1. The summed E-state index contributed by atoms with van der Waals surface area (Å²) in [5, 5.41) is 0. The van der Waals surface area contributed by atoms with E-state index in [0.717, 1.165) is 28.7 Å². The number of hydrogen-bond donors (Lipinski definition) is 0. The SMILES string of the molecule is C=C(CCN1C(=O)c2ccccc2C1=O)c1cc(-c2c(C)cccc2C)nc(N(OC)S(=O)(=O)c2cccc(C(=O)OC)c2)n1. The molecule has 12 heteroatoms. The number of amides is 2. The zero-order chi connectivity index (χ0) is 32.5. The summed E-state index contributed by atoms with van der Waals surface area (Å²) in [6, 6.07) is 19.3. The average Bonchev–Trinajstić information content (AvgIpc) is 3.28. The van der Waals surface area contributed by atoms with Gasteiger partial charge in [-0.05, 0) is 73.4 Å². The van der Waals surface area contributed by atoms with Gasteiger partial charge in [-0.3, -0.25) is 19.3 Å². The van der Waals surface area contributed by atoms with E-state index >= 15 is 0 Å². The number of nitrogens with zero attached hydrogens (tertiary/aromatic N) is 4. The standard InChI is InChI=1S/C33H30N4O7S/c1-20(16-17-36-30(38)25-14-6-7-15-26(25)31(36)39)27-19-28(29-21(2)10-8-11-22(29)3)35-33(34-27)37(44-5)45(41,42)24-13-9-12-23(18-24)32(40)43-4/h6-15,18-19H,1,16-17H2,2-5H3. The van der Waals surface area contributed by atoms with Gasteiger partial charge in [-0.1, -0.05) is 43.0 Å². The lowest BCUT2D eigenvalue weighted by Gasteiger charge is -2.22. The van der Waals surface area contributed by atoms with Crippen LogP contribution in [0.1, 0.15) is 54.3 Å². The average molecular weight is 627 g/mol. The van der Waals surface area contributed by atoms with Gasteiger partial charge in [0.2, 0.25) is 0 Å². The van der Waals surface area contributed by atoms with Crippen LogP contribution < -0.4 is 4.47 Å². The number of hydrogen-bond acceptors (Lipinski definition) is 9. The molecule has 230 valence electrons. The first-order valence-corrected chi connectivity index (χ1v) is 15.3. The predicted molar refractivity (Wildman–Crippen MR) is 167 cm³/mol. The topological polar surface area (TPSA) is 136 Å². The van der Waals surface area contributed by atoms with E-state index in [2.05, 4.69) is 16.5 Å². The molecule has 2 amide bonds. The smallest absolute Gasteiger partial charge is 0.337 e. The number of sulfonamides is 1. The Morgan fingerprint density at radius 2 is 1.51 bits per heavy atom. The Bertz CT molecular complexity index is 1920. The number of methoxy groups -OCH3 is 1. The Balaban J connectivity index is 1.55. The molecule has 0 fully saturated rings. The van der Waals surface area contributed by atoms with Gasteiger partial charge < -0.3 is 4.74 Å². The number of imide groups is 1. The molecule has 0 N–H and O–H groups in total. The molecule has 0 saturated carbocycles. The van der Waals surface area contributed by atoms with Crippen molar-refractivity contribution in [3.63, 3.8) is 0 Å². The lowest BCUT2D eigenvalue weighted by Crippen LogP contribution is -2.32. The van der Waals surface area contributed by atoms with Gasteiger partial charge in [-0.2, -0.15) is 8.42 Å². The lowest BCUT2D eigenvalue weighted by atomic mass is 9.98. The van der Waals surface area contributed by atoms with Gasteiger partial charge in [0.05, 0.1) is 47.2 Å². The molecule has 1 aliphatic heterocycles. The van der Waals surface area contributed by atoms with Crippen molar-refractivity contribution in [1.29, 1.82) is 0 Å². The molecule has 0 atom stereocenters. The van der Waals surface area contributed by atoms with Crippen LogP contribution in [0.2, 0.25) is 0 Å². The molecule has 0 unspecified atom stereocenters. The number of carbonyl (C=O) groups is 3. The van der Waals surface area contributed by atoms with Crippen LogP contribution in [0.3, 0.4) is 0 Å². The highest BCUT2D eigenvalue weighted by atomic mass is 32.2. The molecular weight excluding hydrogens is 596 g/mol. The van der Waals surface area contributed by atoms with Crippen molar-refractivity contribution in [2.24, 2.45) is 0 Å². The molecule has 1 aliphatic rings. The minimum absolute atomic E-state index is 0.0297. The molecule has 0 radical (unpaired) electrons. The van der Waals surface area contributed by atoms with E-state index < -0.39 is 27.8 Å². The molecular formula is C33H30N4O7S. The van der Waals surface area contributed by atoms with Crippen LogP contribution in [-0.4, -0.2) is 61.8 Å². The van der Waals surface area contributed by atoms with Crippen LogP contribution in [0.4, 0.5) is 5.95 Å². The second-order valence-corrected chi connectivity index (χ2v) is 12.1. The number of ether oxygens (including phenoxy) is 1. The van der Waals surface area contributed by atoms with Crippen LogP contribution in [0.5, 0.6) is 0 Å². The maximum Gasteiger partial charge on any atom is 0.337 e. The summed E-state index contributed by atoms with van der Waals surface area (Å²) >= 11 is 0. The van der Waals surface area contributed by atoms with Gasteiger partial charge in [0.25, 0.3) is 27.8 Å². The van der Waals surface area contributed by atoms with Crippen LogP contribution in [0.15, 0.2) is 84.3 Å². The number of aromatic nitrogens is 2. The van der Waals surface area contributed by atoms with E-state index in [1.807, 2.05) is 32.0 Å². The van der Waals surface area contributed by atoms with E-state index in [1.165, 1.54) is 31.4 Å². The Morgan fingerprint density at radius 3 is 2.11 bits per heavy atom. The Morgan fingerprint density at radius 1 is 0.889 bits per heavy atom. The molecule has 0 saturated heterocycles. The fourth-order valence-corrected chi connectivity index (χ4v) is 6.36. The van der Waals surface area contributed by atoms with Crippen molar-refractivity contribution in [2.75, 3.05) is 25.2 Å². The Kier molecular flexibility index (Phi) is 8.62. The monoisotopic (exact) mass is 626 g/mol. The quantitative estimate of drug-likeness (QED) is 0.135. The van der Waals surface area contributed by atoms with Gasteiger partial charge >= 0.3 is 5.97 Å². The lowest BCUT2D eigenvalue weighted by molar-refractivity contribution is 0.0598. The molecule has 0 aliphatic carbocycles. The Labute approximate surface area is 260 Å². The molecule has 0 spiro atoms. The second-order valence-electron chi connectivity index (χ2n) is 10.3. The molecule has 0 bridgehead atoms. The van der Waals surface area contributed by atoms with E-state index in [1.54, 1.807) is 30.3 Å². The number of aryl methyl sites for hydroxylation is 2. The molecule has 4 aromatic rings. The maximum absolute atomic E-state index is 13.8. The number of rotatable bonds is 10. The largest absolute Gasteiger partial charge is 0.465 e. The third-order valence-corrected chi connectivity index (χ3v) is 9.03. The molecule has 45 heavy (non-hydrogen) atoms. The summed E-state index contributed by atoms with van der Waals surface area (Å²) in [5.41, 5.74) is 4.38. The van der Waals surface area contributed by atoms with Gasteiger partial charge in [-0.15, -0.1) is 4.47 Å². The summed E-state index contributed by atoms with van der Waals surface area (Å²) < 4.78 is 33.0. The third-order valence-electron chi connectivity index (χ3n) is 7.43. The fraction of sp³-hybridized carbons (Fsp3) is 0.182. The molecule has 2 heterocycles. The zero-order valence-corrected chi connectivity index (χ0v) is 25.9. The van der Waals surface area contributed by atoms with Gasteiger partial charge in [0.1, 0.15) is 0 Å². The van der Waals surface area contributed by atoms with Crippen molar-refractivity contribution in [1.82, 2.24) is 14.9 Å². The zero-order valence-electron chi connectivity index (χ0n) is 25.1. The predicted octanol–water partition coefficient (Wildman–Crippen LogP) is 5.00. The number of carbonyl (C=O) groups excluding carboxylic acids is 3. The third kappa shape index (κ3) is 5.85. The summed E-state index contributed by atoms with van der Waals surface area (Å²) in [6.07, 6.45) is 0.162. The van der Waals surface area contributed by atoms with Crippen molar-refractivity contribution in [2.45, 2.75) is 25.2 Å². The number of fused-ring (bicyclic) bond motifs is 1. The summed E-state index contributed by atoms with van der Waals surface area (Å²) in [7, 11) is -2.09. The number of esters is 1.